The van der Waals surface area contributed by atoms with Gasteiger partial charge in [0.05, 0.1) is 34.3 Å². The third-order valence-electron chi connectivity index (χ3n) is 3.39. The first-order valence-corrected chi connectivity index (χ1v) is 7.87. The predicted molar refractivity (Wildman–Crippen MR) is 82.6 cm³/mol. The number of para-hydroxylation sites is 1. The SMILES string of the molecule is COc1ccccc1S(=O)C1=CCO[C@@H]1c1ccccc1. The van der Waals surface area contributed by atoms with Crippen LogP contribution in [-0.4, -0.2) is 17.9 Å². The minimum Gasteiger partial charge on any atom is -0.495 e. The van der Waals surface area contributed by atoms with Crippen molar-refractivity contribution in [1.29, 1.82) is 0 Å². The molecule has 1 unspecified atom stereocenters. The number of methoxy groups -OCH3 is 1. The molecule has 0 N–H and O–H groups in total. The maximum atomic E-state index is 12.9. The average Bonchev–Trinajstić information content (AvgIpc) is 3.04. The molecule has 0 aliphatic carbocycles. The van der Waals surface area contributed by atoms with Crippen LogP contribution in [-0.2, 0) is 15.5 Å². The molecule has 3 rings (SSSR count). The molecule has 2 atom stereocenters. The molecule has 21 heavy (non-hydrogen) atoms. The molecular weight excluding hydrogens is 284 g/mol. The summed E-state index contributed by atoms with van der Waals surface area (Å²) < 4.78 is 23.9. The summed E-state index contributed by atoms with van der Waals surface area (Å²) in [7, 11) is 0.298. The molecule has 0 radical (unpaired) electrons. The number of benzene rings is 2. The van der Waals surface area contributed by atoms with Crippen LogP contribution in [0.1, 0.15) is 11.7 Å². The minimum atomic E-state index is -1.29. The monoisotopic (exact) mass is 300 g/mol. The first-order chi connectivity index (χ1) is 10.3. The zero-order valence-electron chi connectivity index (χ0n) is 11.7. The Morgan fingerprint density at radius 3 is 2.57 bits per heavy atom. The van der Waals surface area contributed by atoms with Crippen LogP contribution in [0.15, 0.2) is 70.5 Å². The molecule has 1 heterocycles. The molecule has 0 saturated heterocycles. The molecule has 0 fully saturated rings. The van der Waals surface area contributed by atoms with Crippen LogP contribution < -0.4 is 4.74 Å². The van der Waals surface area contributed by atoms with E-state index in [2.05, 4.69) is 0 Å². The molecule has 0 saturated carbocycles. The standard InChI is InChI=1S/C17H16O3S/c1-19-14-9-5-6-10-15(14)21(18)16-11-12-20-17(16)13-7-3-2-4-8-13/h2-11,17H,12H2,1H3/t17-,21?/m1/s1. The van der Waals surface area contributed by atoms with Gasteiger partial charge >= 0.3 is 0 Å². The topological polar surface area (TPSA) is 35.5 Å². The molecule has 2 aromatic carbocycles. The molecule has 0 spiro atoms. The molecule has 2 aromatic rings. The van der Waals surface area contributed by atoms with Gasteiger partial charge in [0.1, 0.15) is 11.9 Å². The van der Waals surface area contributed by atoms with Gasteiger partial charge in [-0.1, -0.05) is 42.5 Å². The van der Waals surface area contributed by atoms with E-state index in [0.717, 1.165) is 10.5 Å². The number of hydrogen-bond donors (Lipinski definition) is 0. The van der Waals surface area contributed by atoms with E-state index < -0.39 is 10.8 Å². The second kappa shape index (κ2) is 6.24. The fraction of sp³-hybridized carbons (Fsp3) is 0.176. The summed E-state index contributed by atoms with van der Waals surface area (Å²) in [6.07, 6.45) is 1.65. The summed E-state index contributed by atoms with van der Waals surface area (Å²) in [5.41, 5.74) is 1.02. The normalized spacial score (nSPS) is 19.1. The fourth-order valence-electron chi connectivity index (χ4n) is 2.38. The Hall–Kier alpha value is -1.91. The molecule has 0 amide bonds. The highest BCUT2D eigenvalue weighted by molar-refractivity contribution is 7.89. The van der Waals surface area contributed by atoms with Gasteiger partial charge in [-0.15, -0.1) is 0 Å². The van der Waals surface area contributed by atoms with Gasteiger partial charge in [-0.05, 0) is 23.8 Å². The molecule has 1 aliphatic rings. The zero-order valence-corrected chi connectivity index (χ0v) is 12.5. The Balaban J connectivity index is 1.94. The molecule has 4 heteroatoms. The Morgan fingerprint density at radius 2 is 1.81 bits per heavy atom. The van der Waals surface area contributed by atoms with E-state index in [0.29, 0.717) is 17.3 Å². The fourth-order valence-corrected chi connectivity index (χ4v) is 3.78. The van der Waals surface area contributed by atoms with Gasteiger partial charge in [0.25, 0.3) is 0 Å². The summed E-state index contributed by atoms with van der Waals surface area (Å²) >= 11 is 0. The summed E-state index contributed by atoms with van der Waals surface area (Å²) in [5, 5.41) is 0. The molecule has 1 aliphatic heterocycles. The van der Waals surface area contributed by atoms with Gasteiger partial charge in [0.15, 0.2) is 0 Å². The molecule has 0 bridgehead atoms. The Morgan fingerprint density at radius 1 is 1.10 bits per heavy atom. The van der Waals surface area contributed by atoms with Crippen molar-refractivity contribution >= 4 is 10.8 Å². The van der Waals surface area contributed by atoms with Gasteiger partial charge in [0, 0.05) is 0 Å². The van der Waals surface area contributed by atoms with E-state index in [1.165, 1.54) is 0 Å². The summed E-state index contributed by atoms with van der Waals surface area (Å²) in [6, 6.07) is 17.2. The van der Waals surface area contributed by atoms with E-state index in [1.54, 1.807) is 7.11 Å². The maximum absolute atomic E-state index is 12.9. The van der Waals surface area contributed by atoms with Crippen LogP contribution in [0.3, 0.4) is 0 Å². The third-order valence-corrected chi connectivity index (χ3v) is 4.94. The Bertz CT molecular complexity index is 679. The largest absolute Gasteiger partial charge is 0.495 e. The number of rotatable bonds is 4. The highest BCUT2D eigenvalue weighted by atomic mass is 32.2. The van der Waals surface area contributed by atoms with Crippen LogP contribution >= 0.6 is 0 Å². The van der Waals surface area contributed by atoms with Crippen molar-refractivity contribution < 1.29 is 13.7 Å². The molecule has 3 nitrogen and oxygen atoms in total. The minimum absolute atomic E-state index is 0.253. The van der Waals surface area contributed by atoms with Crippen LogP contribution in [0.25, 0.3) is 0 Å². The number of ether oxygens (including phenoxy) is 2. The third kappa shape index (κ3) is 2.77. The van der Waals surface area contributed by atoms with Crippen LogP contribution in [0.4, 0.5) is 0 Å². The smallest absolute Gasteiger partial charge is 0.135 e. The van der Waals surface area contributed by atoms with E-state index in [1.807, 2.05) is 60.7 Å². The van der Waals surface area contributed by atoms with Gasteiger partial charge in [-0.3, -0.25) is 0 Å². The quantitative estimate of drug-likeness (QED) is 0.867. The van der Waals surface area contributed by atoms with Crippen molar-refractivity contribution in [3.05, 3.63) is 71.1 Å². The average molecular weight is 300 g/mol. The van der Waals surface area contributed by atoms with Gasteiger partial charge in [-0.25, -0.2) is 4.21 Å². The van der Waals surface area contributed by atoms with Crippen molar-refractivity contribution in [1.82, 2.24) is 0 Å². The van der Waals surface area contributed by atoms with Crippen molar-refractivity contribution in [3.63, 3.8) is 0 Å². The maximum Gasteiger partial charge on any atom is 0.135 e. The van der Waals surface area contributed by atoms with E-state index in [9.17, 15) is 4.21 Å². The lowest BCUT2D eigenvalue weighted by Gasteiger charge is -2.16. The van der Waals surface area contributed by atoms with Crippen molar-refractivity contribution in [3.8, 4) is 5.75 Å². The van der Waals surface area contributed by atoms with Crippen molar-refractivity contribution in [2.45, 2.75) is 11.0 Å². The van der Waals surface area contributed by atoms with Crippen molar-refractivity contribution in [2.75, 3.05) is 13.7 Å². The second-order valence-electron chi connectivity index (χ2n) is 4.65. The Labute approximate surface area is 126 Å². The molecule has 0 aromatic heterocycles. The lowest BCUT2D eigenvalue weighted by molar-refractivity contribution is 0.127. The van der Waals surface area contributed by atoms with Crippen molar-refractivity contribution in [2.24, 2.45) is 0 Å². The Kier molecular flexibility index (Phi) is 4.18. The first-order valence-electron chi connectivity index (χ1n) is 6.72. The van der Waals surface area contributed by atoms with Crippen LogP contribution in [0.5, 0.6) is 5.75 Å². The lowest BCUT2D eigenvalue weighted by Crippen LogP contribution is -2.07. The lowest BCUT2D eigenvalue weighted by atomic mass is 10.1. The summed E-state index contributed by atoms with van der Waals surface area (Å²) in [5.74, 6) is 0.635. The summed E-state index contributed by atoms with van der Waals surface area (Å²) in [6.45, 7) is 0.482. The van der Waals surface area contributed by atoms with E-state index in [-0.39, 0.29) is 6.10 Å². The van der Waals surface area contributed by atoms with E-state index in [4.69, 9.17) is 9.47 Å². The van der Waals surface area contributed by atoms with Gasteiger partial charge in [-0.2, -0.15) is 0 Å². The van der Waals surface area contributed by atoms with Gasteiger partial charge < -0.3 is 9.47 Å². The zero-order chi connectivity index (χ0) is 14.7. The van der Waals surface area contributed by atoms with Crippen LogP contribution in [0, 0.1) is 0 Å². The van der Waals surface area contributed by atoms with Gasteiger partial charge in [0.2, 0.25) is 0 Å². The molecule has 108 valence electrons. The highest BCUT2D eigenvalue weighted by Gasteiger charge is 2.28. The van der Waals surface area contributed by atoms with E-state index >= 15 is 0 Å². The number of hydrogen-bond acceptors (Lipinski definition) is 3. The predicted octanol–water partition coefficient (Wildman–Crippen LogP) is 3.46. The highest BCUT2D eigenvalue weighted by Crippen LogP contribution is 2.36. The summed E-state index contributed by atoms with van der Waals surface area (Å²) in [4.78, 5) is 1.46. The van der Waals surface area contributed by atoms with Crippen LogP contribution in [0.2, 0.25) is 0 Å². The first kappa shape index (κ1) is 14.0. The molecular formula is C17H16O3S. The second-order valence-corrected chi connectivity index (χ2v) is 6.10.